The molecule has 7 heteroatoms. The van der Waals surface area contributed by atoms with E-state index in [1.165, 1.54) is 23.9 Å². The number of aliphatic hydroxyl groups excluding tert-OH is 1. The summed E-state index contributed by atoms with van der Waals surface area (Å²) in [6.07, 6.45) is 2.50. The first-order chi connectivity index (χ1) is 10.2. The Bertz CT molecular complexity index is 566. The fourth-order valence-corrected chi connectivity index (χ4v) is 2.34. The van der Waals surface area contributed by atoms with Crippen molar-refractivity contribution in [2.45, 2.75) is 19.1 Å². The quantitative estimate of drug-likeness (QED) is 0.699. The zero-order valence-electron chi connectivity index (χ0n) is 11.2. The molecule has 1 atom stereocenters. The summed E-state index contributed by atoms with van der Waals surface area (Å²) in [5.41, 5.74) is 0.645. The second kappa shape index (κ2) is 7.61. The minimum Gasteiger partial charge on any atom is -0.472 e. The van der Waals surface area contributed by atoms with Gasteiger partial charge in [-0.2, -0.15) is 0 Å². The molecular weight excluding hydrogens is 292 g/mol. The first kappa shape index (κ1) is 15.3. The highest BCUT2D eigenvalue weighted by molar-refractivity contribution is 7.09. The standard InChI is InChI=1S/C14H16N2O4S/c17-12(10-4-6-20-9-10)3-5-15-13(18)14(19)16-8-11-2-1-7-21-11/h1-2,4,6-7,9,12,17H,3,5,8H2,(H,15,18)(H,16,19)/t12-/m0/s1. The Balaban J connectivity index is 1.65. The van der Waals surface area contributed by atoms with Gasteiger partial charge in [0, 0.05) is 17.0 Å². The second-order valence-electron chi connectivity index (χ2n) is 4.38. The molecule has 2 rings (SSSR count). The molecule has 0 aromatic carbocycles. The lowest BCUT2D eigenvalue weighted by molar-refractivity contribution is -0.139. The van der Waals surface area contributed by atoms with Crippen LogP contribution >= 0.6 is 11.3 Å². The number of nitrogens with one attached hydrogen (secondary N) is 2. The molecule has 0 spiro atoms. The third-order valence-electron chi connectivity index (χ3n) is 2.84. The molecule has 0 saturated heterocycles. The number of amides is 2. The van der Waals surface area contributed by atoms with Crippen LogP contribution in [0.3, 0.4) is 0 Å². The molecule has 0 bridgehead atoms. The first-order valence-electron chi connectivity index (χ1n) is 6.45. The maximum atomic E-state index is 11.6. The summed E-state index contributed by atoms with van der Waals surface area (Å²) in [4.78, 5) is 24.1. The number of furan rings is 1. The number of carbonyl (C=O) groups excluding carboxylic acids is 2. The molecule has 21 heavy (non-hydrogen) atoms. The number of aliphatic hydroxyl groups is 1. The Morgan fingerprint density at radius 3 is 2.76 bits per heavy atom. The molecule has 0 aliphatic carbocycles. The number of hydrogen-bond donors (Lipinski definition) is 3. The van der Waals surface area contributed by atoms with E-state index >= 15 is 0 Å². The van der Waals surface area contributed by atoms with Crippen molar-refractivity contribution in [3.63, 3.8) is 0 Å². The molecule has 112 valence electrons. The molecule has 2 aromatic rings. The van der Waals surface area contributed by atoms with Crippen LogP contribution in [-0.2, 0) is 16.1 Å². The van der Waals surface area contributed by atoms with Crippen LogP contribution in [0, 0.1) is 0 Å². The molecule has 3 N–H and O–H groups in total. The van der Waals surface area contributed by atoms with Gasteiger partial charge in [0.1, 0.15) is 0 Å². The Hall–Kier alpha value is -2.12. The summed E-state index contributed by atoms with van der Waals surface area (Å²) in [5, 5.41) is 16.7. The van der Waals surface area contributed by atoms with Crippen LogP contribution < -0.4 is 10.6 Å². The van der Waals surface area contributed by atoms with Crippen LogP contribution in [0.4, 0.5) is 0 Å². The van der Waals surface area contributed by atoms with Crippen molar-refractivity contribution in [1.82, 2.24) is 10.6 Å². The Kier molecular flexibility index (Phi) is 5.53. The van der Waals surface area contributed by atoms with Gasteiger partial charge >= 0.3 is 11.8 Å². The highest BCUT2D eigenvalue weighted by Crippen LogP contribution is 2.15. The van der Waals surface area contributed by atoms with Gasteiger partial charge in [-0.25, -0.2) is 0 Å². The summed E-state index contributed by atoms with van der Waals surface area (Å²) in [6, 6.07) is 5.41. The van der Waals surface area contributed by atoms with Crippen molar-refractivity contribution in [3.8, 4) is 0 Å². The summed E-state index contributed by atoms with van der Waals surface area (Å²) in [5.74, 6) is -1.38. The minimum absolute atomic E-state index is 0.206. The third-order valence-corrected chi connectivity index (χ3v) is 3.72. The van der Waals surface area contributed by atoms with Gasteiger partial charge in [-0.15, -0.1) is 11.3 Å². The van der Waals surface area contributed by atoms with Crippen molar-refractivity contribution in [2.24, 2.45) is 0 Å². The highest BCUT2D eigenvalue weighted by atomic mass is 32.1. The fraction of sp³-hybridized carbons (Fsp3) is 0.286. The van der Waals surface area contributed by atoms with Crippen molar-refractivity contribution in [2.75, 3.05) is 6.54 Å². The first-order valence-corrected chi connectivity index (χ1v) is 7.33. The summed E-state index contributed by atoms with van der Waals surface area (Å²) in [7, 11) is 0. The SMILES string of the molecule is O=C(NCC[C@H](O)c1ccoc1)C(=O)NCc1cccs1. The number of hydrogen-bond acceptors (Lipinski definition) is 5. The predicted octanol–water partition coefficient (Wildman–Crippen LogP) is 1.20. The maximum absolute atomic E-state index is 11.6. The van der Waals surface area contributed by atoms with Crippen LogP contribution in [0.2, 0.25) is 0 Å². The van der Waals surface area contributed by atoms with Crippen molar-refractivity contribution in [1.29, 1.82) is 0 Å². The molecular formula is C14H16N2O4S. The lowest BCUT2D eigenvalue weighted by Crippen LogP contribution is -2.40. The number of rotatable bonds is 6. The maximum Gasteiger partial charge on any atom is 0.309 e. The molecule has 0 unspecified atom stereocenters. The molecule has 0 saturated carbocycles. The van der Waals surface area contributed by atoms with Gasteiger partial charge < -0.3 is 20.2 Å². The zero-order valence-corrected chi connectivity index (χ0v) is 12.1. The van der Waals surface area contributed by atoms with Gasteiger partial charge in [0.25, 0.3) is 0 Å². The molecule has 2 heterocycles. The van der Waals surface area contributed by atoms with Crippen LogP contribution in [0.1, 0.15) is 23.0 Å². The van der Waals surface area contributed by atoms with Gasteiger partial charge in [-0.3, -0.25) is 9.59 Å². The largest absolute Gasteiger partial charge is 0.472 e. The average Bonchev–Trinajstić information content (AvgIpc) is 3.17. The molecule has 0 aliphatic heterocycles. The van der Waals surface area contributed by atoms with Crippen LogP contribution in [0.5, 0.6) is 0 Å². The lowest BCUT2D eigenvalue weighted by atomic mass is 10.1. The predicted molar refractivity (Wildman–Crippen MR) is 77.5 cm³/mol. The molecule has 0 aliphatic rings. The van der Waals surface area contributed by atoms with E-state index in [4.69, 9.17) is 4.42 Å². The van der Waals surface area contributed by atoms with E-state index < -0.39 is 17.9 Å². The van der Waals surface area contributed by atoms with E-state index in [0.717, 1.165) is 4.88 Å². The Morgan fingerprint density at radius 2 is 2.10 bits per heavy atom. The smallest absolute Gasteiger partial charge is 0.309 e. The van der Waals surface area contributed by atoms with E-state index in [1.54, 1.807) is 6.07 Å². The summed E-state index contributed by atoms with van der Waals surface area (Å²) >= 11 is 1.51. The van der Waals surface area contributed by atoms with Gasteiger partial charge in [0.15, 0.2) is 0 Å². The van der Waals surface area contributed by atoms with Crippen molar-refractivity contribution in [3.05, 3.63) is 46.5 Å². The molecule has 0 radical (unpaired) electrons. The monoisotopic (exact) mass is 308 g/mol. The summed E-state index contributed by atoms with van der Waals surface area (Å²) < 4.78 is 4.86. The second-order valence-corrected chi connectivity index (χ2v) is 5.41. The Labute approximate surface area is 125 Å². The normalized spacial score (nSPS) is 11.9. The van der Waals surface area contributed by atoms with Crippen LogP contribution in [0.15, 0.2) is 40.5 Å². The molecule has 2 aromatic heterocycles. The molecule has 0 fully saturated rings. The van der Waals surface area contributed by atoms with Gasteiger partial charge in [0.05, 0.1) is 25.2 Å². The van der Waals surface area contributed by atoms with E-state index in [1.807, 2.05) is 17.5 Å². The third kappa shape index (κ3) is 4.73. The van der Waals surface area contributed by atoms with Gasteiger partial charge in [-0.1, -0.05) is 6.07 Å². The van der Waals surface area contributed by atoms with E-state index in [9.17, 15) is 14.7 Å². The van der Waals surface area contributed by atoms with Crippen LogP contribution in [-0.4, -0.2) is 23.5 Å². The average molecular weight is 308 g/mol. The Morgan fingerprint density at radius 1 is 1.29 bits per heavy atom. The van der Waals surface area contributed by atoms with E-state index in [2.05, 4.69) is 10.6 Å². The van der Waals surface area contributed by atoms with E-state index in [-0.39, 0.29) is 6.54 Å². The van der Waals surface area contributed by atoms with Crippen molar-refractivity contribution >= 4 is 23.2 Å². The van der Waals surface area contributed by atoms with E-state index in [0.29, 0.717) is 18.5 Å². The van der Waals surface area contributed by atoms with Gasteiger partial charge in [-0.05, 0) is 23.9 Å². The minimum atomic E-state index is -0.724. The fourth-order valence-electron chi connectivity index (χ4n) is 1.69. The number of thiophene rings is 1. The van der Waals surface area contributed by atoms with Gasteiger partial charge in [0.2, 0.25) is 0 Å². The van der Waals surface area contributed by atoms with Crippen LogP contribution in [0.25, 0.3) is 0 Å². The topological polar surface area (TPSA) is 91.6 Å². The molecule has 6 nitrogen and oxygen atoms in total. The highest BCUT2D eigenvalue weighted by Gasteiger charge is 2.14. The number of carbonyl (C=O) groups is 2. The molecule has 2 amide bonds. The lowest BCUT2D eigenvalue weighted by Gasteiger charge is -2.09. The zero-order chi connectivity index (χ0) is 15.1. The van der Waals surface area contributed by atoms with Crippen molar-refractivity contribution < 1.29 is 19.1 Å². The summed E-state index contributed by atoms with van der Waals surface area (Å²) in [6.45, 7) is 0.541.